The van der Waals surface area contributed by atoms with Gasteiger partial charge in [-0.2, -0.15) is 0 Å². The highest BCUT2D eigenvalue weighted by atomic mass is 14.9. The standard InChI is InChI=1S/C17H31N/c1-15(2,3)9-8-10-18-14-11-16(4,5)13-17(6,7)12-14/h14,18H,10-13H2,1-7H3. The molecular formula is C17H31N. The maximum atomic E-state index is 3.63. The van der Waals surface area contributed by atoms with Crippen LogP contribution in [0.3, 0.4) is 0 Å². The van der Waals surface area contributed by atoms with Crippen molar-refractivity contribution in [1.82, 2.24) is 5.32 Å². The largest absolute Gasteiger partial charge is 0.303 e. The molecule has 0 unspecified atom stereocenters. The van der Waals surface area contributed by atoms with Crippen molar-refractivity contribution >= 4 is 0 Å². The van der Waals surface area contributed by atoms with E-state index in [2.05, 4.69) is 65.6 Å². The summed E-state index contributed by atoms with van der Waals surface area (Å²) in [6.07, 6.45) is 3.87. The molecule has 0 bridgehead atoms. The van der Waals surface area contributed by atoms with Gasteiger partial charge in [-0.05, 0) is 50.9 Å². The summed E-state index contributed by atoms with van der Waals surface area (Å²) in [5.74, 6) is 6.56. The first-order valence-electron chi connectivity index (χ1n) is 7.23. The third-order valence-electron chi connectivity index (χ3n) is 3.50. The number of nitrogens with one attached hydrogen (secondary N) is 1. The maximum Gasteiger partial charge on any atom is 0.0578 e. The fraction of sp³-hybridized carbons (Fsp3) is 0.882. The van der Waals surface area contributed by atoms with E-state index >= 15 is 0 Å². The van der Waals surface area contributed by atoms with Crippen LogP contribution in [0.15, 0.2) is 0 Å². The average Bonchev–Trinajstić information content (AvgIpc) is 2.05. The van der Waals surface area contributed by atoms with Crippen molar-refractivity contribution < 1.29 is 0 Å². The highest BCUT2D eigenvalue weighted by molar-refractivity contribution is 5.09. The summed E-state index contributed by atoms with van der Waals surface area (Å²) in [6, 6.07) is 0.623. The molecule has 0 heterocycles. The zero-order valence-electron chi connectivity index (χ0n) is 13.4. The predicted octanol–water partition coefficient (Wildman–Crippen LogP) is 4.23. The summed E-state index contributed by atoms with van der Waals surface area (Å²) < 4.78 is 0. The molecule has 1 fully saturated rings. The molecule has 1 nitrogen and oxygen atoms in total. The molecule has 1 aliphatic rings. The van der Waals surface area contributed by atoms with Crippen molar-refractivity contribution in [3.05, 3.63) is 0 Å². The second-order valence-corrected chi connectivity index (χ2v) is 8.54. The molecule has 0 aliphatic heterocycles. The predicted molar refractivity (Wildman–Crippen MR) is 80.4 cm³/mol. The molecule has 0 spiro atoms. The molecule has 18 heavy (non-hydrogen) atoms. The number of hydrogen-bond donors (Lipinski definition) is 1. The average molecular weight is 249 g/mol. The van der Waals surface area contributed by atoms with Crippen LogP contribution < -0.4 is 5.32 Å². The van der Waals surface area contributed by atoms with E-state index in [1.807, 2.05) is 0 Å². The molecule has 0 aromatic rings. The van der Waals surface area contributed by atoms with Gasteiger partial charge in [0, 0.05) is 11.5 Å². The Labute approximate surface area is 114 Å². The molecule has 104 valence electrons. The van der Waals surface area contributed by atoms with Gasteiger partial charge in [0.1, 0.15) is 0 Å². The van der Waals surface area contributed by atoms with Gasteiger partial charge in [0.05, 0.1) is 6.54 Å². The van der Waals surface area contributed by atoms with E-state index in [1.54, 1.807) is 0 Å². The van der Waals surface area contributed by atoms with E-state index in [0.717, 1.165) is 6.54 Å². The van der Waals surface area contributed by atoms with Crippen molar-refractivity contribution in [2.24, 2.45) is 16.2 Å². The fourth-order valence-electron chi connectivity index (χ4n) is 3.50. The van der Waals surface area contributed by atoms with Crippen LogP contribution in [0.4, 0.5) is 0 Å². The van der Waals surface area contributed by atoms with Gasteiger partial charge in [-0.3, -0.25) is 0 Å². The molecule has 1 rings (SSSR count). The Hall–Kier alpha value is -0.480. The van der Waals surface area contributed by atoms with Gasteiger partial charge in [0.25, 0.3) is 0 Å². The van der Waals surface area contributed by atoms with Crippen LogP contribution in [0.5, 0.6) is 0 Å². The van der Waals surface area contributed by atoms with Gasteiger partial charge < -0.3 is 5.32 Å². The Bertz CT molecular complexity index is 317. The minimum atomic E-state index is 0.118. The minimum Gasteiger partial charge on any atom is -0.303 e. The zero-order valence-corrected chi connectivity index (χ0v) is 13.4. The molecular weight excluding hydrogens is 218 g/mol. The molecule has 0 aromatic carbocycles. The number of rotatable bonds is 2. The van der Waals surface area contributed by atoms with E-state index in [9.17, 15) is 0 Å². The Morgan fingerprint density at radius 2 is 1.56 bits per heavy atom. The van der Waals surface area contributed by atoms with E-state index in [-0.39, 0.29) is 5.41 Å². The minimum absolute atomic E-state index is 0.118. The highest BCUT2D eigenvalue weighted by Crippen LogP contribution is 2.45. The second-order valence-electron chi connectivity index (χ2n) is 8.54. The van der Waals surface area contributed by atoms with E-state index in [4.69, 9.17) is 0 Å². The lowest BCUT2D eigenvalue weighted by molar-refractivity contribution is 0.0868. The maximum absolute atomic E-state index is 3.63. The Morgan fingerprint density at radius 1 is 1.06 bits per heavy atom. The molecule has 0 atom stereocenters. The number of hydrogen-bond acceptors (Lipinski definition) is 1. The monoisotopic (exact) mass is 249 g/mol. The van der Waals surface area contributed by atoms with Crippen LogP contribution >= 0.6 is 0 Å². The lowest BCUT2D eigenvalue weighted by Gasteiger charge is -2.45. The van der Waals surface area contributed by atoms with Gasteiger partial charge >= 0.3 is 0 Å². The SMILES string of the molecule is CC(C)(C)C#CCNC1CC(C)(C)CC(C)(C)C1. The summed E-state index contributed by atoms with van der Waals surface area (Å²) >= 11 is 0. The Morgan fingerprint density at radius 3 is 2.00 bits per heavy atom. The van der Waals surface area contributed by atoms with E-state index in [1.165, 1.54) is 19.3 Å². The van der Waals surface area contributed by atoms with E-state index in [0.29, 0.717) is 16.9 Å². The zero-order chi connectivity index (χ0) is 14.0. The van der Waals surface area contributed by atoms with Crippen molar-refractivity contribution in [1.29, 1.82) is 0 Å². The fourth-order valence-corrected chi connectivity index (χ4v) is 3.50. The lowest BCUT2D eigenvalue weighted by Crippen LogP contribution is -2.44. The molecule has 1 N–H and O–H groups in total. The summed E-state index contributed by atoms with van der Waals surface area (Å²) in [7, 11) is 0. The summed E-state index contributed by atoms with van der Waals surface area (Å²) in [4.78, 5) is 0. The van der Waals surface area contributed by atoms with Gasteiger partial charge in [0.15, 0.2) is 0 Å². The van der Waals surface area contributed by atoms with Gasteiger partial charge in [-0.1, -0.05) is 39.5 Å². The highest BCUT2D eigenvalue weighted by Gasteiger charge is 2.37. The third kappa shape index (κ3) is 5.91. The van der Waals surface area contributed by atoms with Crippen LogP contribution in [0.2, 0.25) is 0 Å². The molecule has 0 saturated heterocycles. The Balaban J connectivity index is 2.49. The third-order valence-corrected chi connectivity index (χ3v) is 3.50. The first-order valence-corrected chi connectivity index (χ1v) is 7.23. The van der Waals surface area contributed by atoms with Crippen molar-refractivity contribution in [3.63, 3.8) is 0 Å². The van der Waals surface area contributed by atoms with Crippen LogP contribution in [-0.4, -0.2) is 12.6 Å². The first kappa shape index (κ1) is 15.6. The van der Waals surface area contributed by atoms with Crippen molar-refractivity contribution in [2.75, 3.05) is 6.54 Å². The smallest absolute Gasteiger partial charge is 0.0578 e. The quantitative estimate of drug-likeness (QED) is 0.722. The van der Waals surface area contributed by atoms with E-state index < -0.39 is 0 Å². The van der Waals surface area contributed by atoms with Gasteiger partial charge in [-0.25, -0.2) is 0 Å². The molecule has 0 radical (unpaired) electrons. The molecule has 1 saturated carbocycles. The van der Waals surface area contributed by atoms with Crippen LogP contribution in [0.25, 0.3) is 0 Å². The first-order chi connectivity index (χ1) is 7.99. The summed E-state index contributed by atoms with van der Waals surface area (Å²) in [5.41, 5.74) is 1.03. The molecule has 1 heteroatoms. The second kappa shape index (κ2) is 5.25. The molecule has 1 aliphatic carbocycles. The van der Waals surface area contributed by atoms with Crippen LogP contribution in [-0.2, 0) is 0 Å². The van der Waals surface area contributed by atoms with Crippen molar-refractivity contribution in [2.45, 2.75) is 73.8 Å². The van der Waals surface area contributed by atoms with Crippen LogP contribution in [0.1, 0.15) is 67.7 Å². The van der Waals surface area contributed by atoms with Gasteiger partial charge in [-0.15, -0.1) is 0 Å². The normalized spacial score (nSPS) is 23.3. The molecule has 0 amide bonds. The van der Waals surface area contributed by atoms with Crippen molar-refractivity contribution in [3.8, 4) is 11.8 Å². The Kier molecular flexibility index (Phi) is 4.55. The molecule has 0 aromatic heterocycles. The topological polar surface area (TPSA) is 12.0 Å². The summed E-state index contributed by atoms with van der Waals surface area (Å²) in [5, 5.41) is 3.63. The lowest BCUT2D eigenvalue weighted by atomic mass is 9.63. The summed E-state index contributed by atoms with van der Waals surface area (Å²) in [6.45, 7) is 16.9. The van der Waals surface area contributed by atoms with Gasteiger partial charge in [0.2, 0.25) is 0 Å². The van der Waals surface area contributed by atoms with Crippen LogP contribution in [0, 0.1) is 28.1 Å².